The van der Waals surface area contributed by atoms with Crippen molar-refractivity contribution in [1.82, 2.24) is 9.46 Å². The summed E-state index contributed by atoms with van der Waals surface area (Å²) >= 11 is 0. The van der Waals surface area contributed by atoms with Crippen molar-refractivity contribution in [1.29, 1.82) is 0 Å². The Hall–Kier alpha value is -1.06. The van der Waals surface area contributed by atoms with Crippen LogP contribution in [0.25, 0.3) is 0 Å². The topological polar surface area (TPSA) is 83.6 Å². The maximum atomic E-state index is 12.3. The minimum absolute atomic E-state index is 0.143. The molecule has 0 aliphatic carbocycles. The minimum Gasteiger partial charge on any atom is -0.395 e. The Labute approximate surface area is 103 Å². The third kappa shape index (κ3) is 4.31. The number of aryl methyl sites for hydroxylation is 1. The van der Waals surface area contributed by atoms with E-state index in [1.165, 1.54) is 6.07 Å². The van der Waals surface area contributed by atoms with E-state index in [9.17, 15) is 17.2 Å². The zero-order valence-corrected chi connectivity index (χ0v) is 10.5. The van der Waals surface area contributed by atoms with E-state index >= 15 is 0 Å². The number of aliphatic hydroxyl groups excluding tert-OH is 1. The quantitative estimate of drug-likeness (QED) is 0.782. The zero-order chi connectivity index (χ0) is 13.8. The molecule has 0 saturated carbocycles. The summed E-state index contributed by atoms with van der Waals surface area (Å²) in [4.78, 5) is 0. The molecule has 18 heavy (non-hydrogen) atoms. The highest BCUT2D eigenvalue weighted by Crippen LogP contribution is 2.12. The molecule has 0 radical (unpaired) electrons. The van der Waals surface area contributed by atoms with Crippen LogP contribution in [-0.2, 0) is 15.8 Å². The molecule has 1 rings (SSSR count). The van der Waals surface area contributed by atoms with Crippen LogP contribution in [0.1, 0.15) is 11.5 Å². The molecule has 1 heterocycles. The molecular weight excluding hydrogens is 270 g/mol. The Morgan fingerprint density at radius 3 is 2.67 bits per heavy atom. The zero-order valence-electron chi connectivity index (χ0n) is 9.71. The van der Waals surface area contributed by atoms with Crippen molar-refractivity contribution < 1.29 is 26.8 Å². The highest BCUT2D eigenvalue weighted by molar-refractivity contribution is 7.88. The van der Waals surface area contributed by atoms with Gasteiger partial charge in [0.25, 0.3) is 6.43 Å². The lowest BCUT2D eigenvalue weighted by atomic mass is 10.4. The van der Waals surface area contributed by atoms with Crippen molar-refractivity contribution >= 4 is 10.0 Å². The average Bonchev–Trinajstić information content (AvgIpc) is 2.62. The third-order valence-corrected chi connectivity index (χ3v) is 3.87. The van der Waals surface area contributed by atoms with Gasteiger partial charge in [-0.3, -0.25) is 0 Å². The summed E-state index contributed by atoms with van der Waals surface area (Å²) in [5.41, 5.74) is 0.143. The molecule has 1 N–H and O–H groups in total. The highest BCUT2D eigenvalue weighted by atomic mass is 32.2. The summed E-state index contributed by atoms with van der Waals surface area (Å²) in [6.07, 6.45) is -2.80. The Kier molecular flexibility index (Phi) is 5.17. The Balaban J connectivity index is 2.81. The molecule has 0 atom stereocenters. The lowest BCUT2D eigenvalue weighted by Gasteiger charge is -2.19. The van der Waals surface area contributed by atoms with E-state index in [0.29, 0.717) is 10.1 Å². The van der Waals surface area contributed by atoms with E-state index in [0.717, 1.165) is 0 Å². The summed E-state index contributed by atoms with van der Waals surface area (Å²) in [6.45, 7) is -0.249. The molecular formula is C9H14F2N2O4S. The van der Waals surface area contributed by atoms with Gasteiger partial charge in [0.05, 0.1) is 13.2 Å². The molecule has 0 aliphatic heterocycles. The van der Waals surface area contributed by atoms with Crippen molar-refractivity contribution in [3.8, 4) is 0 Å². The number of nitrogens with zero attached hydrogens (tertiary/aromatic N) is 2. The number of aliphatic hydroxyl groups is 1. The number of rotatable bonds is 7. The van der Waals surface area contributed by atoms with E-state index in [4.69, 9.17) is 9.63 Å². The van der Waals surface area contributed by atoms with E-state index in [2.05, 4.69) is 5.16 Å². The van der Waals surface area contributed by atoms with Crippen molar-refractivity contribution in [2.24, 2.45) is 0 Å². The molecule has 0 spiro atoms. The van der Waals surface area contributed by atoms with Crippen molar-refractivity contribution in [2.45, 2.75) is 19.1 Å². The summed E-state index contributed by atoms with van der Waals surface area (Å²) in [5, 5.41) is 12.2. The van der Waals surface area contributed by atoms with Crippen LogP contribution < -0.4 is 0 Å². The first-order valence-corrected chi connectivity index (χ1v) is 6.75. The number of hydrogen-bond donors (Lipinski definition) is 1. The van der Waals surface area contributed by atoms with Crippen molar-refractivity contribution in [3.63, 3.8) is 0 Å². The summed E-state index contributed by atoms with van der Waals surface area (Å²) in [7, 11) is -3.95. The third-order valence-electron chi connectivity index (χ3n) is 2.09. The molecule has 0 aromatic carbocycles. The fourth-order valence-corrected chi connectivity index (χ4v) is 2.77. The van der Waals surface area contributed by atoms with Gasteiger partial charge in [0.15, 0.2) is 0 Å². The first-order valence-electron chi connectivity index (χ1n) is 5.14. The number of hydrogen-bond acceptors (Lipinski definition) is 5. The van der Waals surface area contributed by atoms with Gasteiger partial charge >= 0.3 is 0 Å². The number of halogens is 2. The smallest absolute Gasteiger partial charge is 0.252 e. The van der Waals surface area contributed by atoms with Crippen LogP contribution in [0.5, 0.6) is 0 Å². The normalized spacial score (nSPS) is 12.6. The number of sulfonamides is 1. The van der Waals surface area contributed by atoms with Crippen molar-refractivity contribution in [2.75, 3.05) is 19.7 Å². The van der Waals surface area contributed by atoms with Gasteiger partial charge in [-0.1, -0.05) is 5.16 Å². The Morgan fingerprint density at radius 1 is 1.56 bits per heavy atom. The van der Waals surface area contributed by atoms with E-state index in [-0.39, 0.29) is 12.2 Å². The van der Waals surface area contributed by atoms with E-state index < -0.39 is 35.4 Å². The molecule has 0 unspecified atom stereocenters. The van der Waals surface area contributed by atoms with Crippen LogP contribution in [-0.4, -0.2) is 49.1 Å². The van der Waals surface area contributed by atoms with Gasteiger partial charge in [0.1, 0.15) is 17.2 Å². The standard InChI is InChI=1S/C9H14F2N2O4S/c1-7-4-8(12-17-7)6-18(15,16)13(2-3-14)5-9(10)11/h4,9,14H,2-3,5-6H2,1H3. The van der Waals surface area contributed by atoms with Crippen LogP contribution >= 0.6 is 0 Å². The van der Waals surface area contributed by atoms with Crippen LogP contribution in [0.3, 0.4) is 0 Å². The molecule has 0 saturated heterocycles. The second-order valence-electron chi connectivity index (χ2n) is 3.66. The van der Waals surface area contributed by atoms with Crippen LogP contribution in [0, 0.1) is 6.92 Å². The molecule has 0 amide bonds. The molecule has 1 aromatic rings. The first-order chi connectivity index (χ1) is 8.35. The lowest BCUT2D eigenvalue weighted by Crippen LogP contribution is -2.38. The van der Waals surface area contributed by atoms with Gasteiger partial charge in [0.2, 0.25) is 10.0 Å². The monoisotopic (exact) mass is 284 g/mol. The van der Waals surface area contributed by atoms with Gasteiger partial charge < -0.3 is 9.63 Å². The molecule has 9 heteroatoms. The van der Waals surface area contributed by atoms with Gasteiger partial charge in [-0.05, 0) is 6.92 Å². The van der Waals surface area contributed by atoms with Gasteiger partial charge in [-0.15, -0.1) is 0 Å². The second-order valence-corrected chi connectivity index (χ2v) is 5.63. The summed E-state index contributed by atoms with van der Waals surface area (Å²) < 4.78 is 53.4. The maximum Gasteiger partial charge on any atom is 0.252 e. The van der Waals surface area contributed by atoms with Crippen LogP contribution in [0.4, 0.5) is 8.78 Å². The number of alkyl halides is 2. The molecule has 0 bridgehead atoms. The molecule has 1 aromatic heterocycles. The average molecular weight is 284 g/mol. The van der Waals surface area contributed by atoms with E-state index in [1.54, 1.807) is 6.92 Å². The fourth-order valence-electron chi connectivity index (χ4n) is 1.37. The Morgan fingerprint density at radius 2 is 2.22 bits per heavy atom. The lowest BCUT2D eigenvalue weighted by molar-refractivity contribution is 0.113. The SMILES string of the molecule is Cc1cc(CS(=O)(=O)N(CCO)CC(F)F)no1. The number of aromatic nitrogens is 1. The first kappa shape index (κ1) is 15.0. The largest absolute Gasteiger partial charge is 0.395 e. The van der Waals surface area contributed by atoms with Crippen LogP contribution in [0.2, 0.25) is 0 Å². The van der Waals surface area contributed by atoms with Crippen molar-refractivity contribution in [3.05, 3.63) is 17.5 Å². The minimum atomic E-state index is -3.95. The van der Waals surface area contributed by atoms with Gasteiger partial charge in [-0.25, -0.2) is 17.2 Å². The predicted molar refractivity (Wildman–Crippen MR) is 58.5 cm³/mol. The molecule has 104 valence electrons. The highest BCUT2D eigenvalue weighted by Gasteiger charge is 2.26. The maximum absolute atomic E-state index is 12.3. The molecule has 6 nitrogen and oxygen atoms in total. The predicted octanol–water partition coefficient (Wildman–Crippen LogP) is 0.372. The Bertz CT molecular complexity index is 475. The fraction of sp³-hybridized carbons (Fsp3) is 0.667. The van der Waals surface area contributed by atoms with Crippen LogP contribution in [0.15, 0.2) is 10.6 Å². The molecule has 0 aliphatic rings. The summed E-state index contributed by atoms with van der Waals surface area (Å²) in [5.74, 6) is -0.0976. The summed E-state index contributed by atoms with van der Waals surface area (Å²) in [6, 6.07) is 1.41. The van der Waals surface area contributed by atoms with Gasteiger partial charge in [-0.2, -0.15) is 4.31 Å². The molecule has 0 fully saturated rings. The van der Waals surface area contributed by atoms with Gasteiger partial charge in [0, 0.05) is 12.6 Å². The van der Waals surface area contributed by atoms with E-state index in [1.807, 2.05) is 0 Å². The second kappa shape index (κ2) is 6.21.